The van der Waals surface area contributed by atoms with Gasteiger partial charge in [0.1, 0.15) is 5.69 Å². The molecular formula is C13H18FN3O2. The first kappa shape index (κ1) is 13.7. The van der Waals surface area contributed by atoms with Crippen molar-refractivity contribution in [3.05, 3.63) is 34.1 Å². The van der Waals surface area contributed by atoms with Crippen LogP contribution in [0, 0.1) is 15.9 Å². The average molecular weight is 267 g/mol. The predicted octanol–water partition coefficient (Wildman–Crippen LogP) is 2.63. The highest BCUT2D eigenvalue weighted by Gasteiger charge is 2.25. The van der Waals surface area contributed by atoms with E-state index in [4.69, 9.17) is 0 Å². The first-order valence-electron chi connectivity index (χ1n) is 6.54. The van der Waals surface area contributed by atoms with E-state index in [0.717, 1.165) is 32.0 Å². The fourth-order valence-electron chi connectivity index (χ4n) is 2.61. The van der Waals surface area contributed by atoms with Crippen LogP contribution in [-0.2, 0) is 0 Å². The maximum absolute atomic E-state index is 13.5. The fourth-order valence-corrected chi connectivity index (χ4v) is 2.61. The minimum absolute atomic E-state index is 0.257. The third-order valence-electron chi connectivity index (χ3n) is 3.60. The molecule has 0 spiro atoms. The molecule has 1 fully saturated rings. The Bertz CT molecular complexity index is 467. The molecule has 1 unspecified atom stereocenters. The minimum Gasteiger partial charge on any atom is -0.378 e. The Morgan fingerprint density at radius 1 is 1.58 bits per heavy atom. The second-order valence-electron chi connectivity index (χ2n) is 4.70. The second kappa shape index (κ2) is 5.97. The van der Waals surface area contributed by atoms with Gasteiger partial charge < -0.3 is 5.32 Å². The molecule has 1 atom stereocenters. The maximum atomic E-state index is 13.5. The number of hydrogen-bond donors (Lipinski definition) is 1. The van der Waals surface area contributed by atoms with E-state index in [0.29, 0.717) is 12.6 Å². The van der Waals surface area contributed by atoms with Crippen LogP contribution in [0.2, 0.25) is 0 Å². The molecule has 2 rings (SSSR count). The molecule has 0 aromatic heterocycles. The summed E-state index contributed by atoms with van der Waals surface area (Å²) in [5.41, 5.74) is -0.212. The van der Waals surface area contributed by atoms with Crippen LogP contribution in [0.4, 0.5) is 15.8 Å². The van der Waals surface area contributed by atoms with Gasteiger partial charge in [0.2, 0.25) is 5.82 Å². The van der Waals surface area contributed by atoms with E-state index >= 15 is 0 Å². The van der Waals surface area contributed by atoms with Crippen molar-refractivity contribution in [2.24, 2.45) is 0 Å². The lowest BCUT2D eigenvalue weighted by molar-refractivity contribution is -0.386. The first-order chi connectivity index (χ1) is 9.13. The van der Waals surface area contributed by atoms with Crippen molar-refractivity contribution in [2.75, 3.05) is 25.0 Å². The molecule has 5 nitrogen and oxygen atoms in total. The lowest BCUT2D eigenvalue weighted by atomic mass is 10.2. The minimum atomic E-state index is -0.797. The number of hydrogen-bond acceptors (Lipinski definition) is 4. The van der Waals surface area contributed by atoms with E-state index in [1.54, 1.807) is 6.07 Å². The number of para-hydroxylation sites is 1. The summed E-state index contributed by atoms with van der Waals surface area (Å²) >= 11 is 0. The lowest BCUT2D eigenvalue weighted by Crippen LogP contribution is -2.34. The Kier molecular flexibility index (Phi) is 4.31. The van der Waals surface area contributed by atoms with Gasteiger partial charge in [0.25, 0.3) is 0 Å². The summed E-state index contributed by atoms with van der Waals surface area (Å²) in [6, 6.07) is 4.51. The van der Waals surface area contributed by atoms with Gasteiger partial charge in [-0.1, -0.05) is 13.0 Å². The molecule has 1 aromatic carbocycles. The smallest absolute Gasteiger partial charge is 0.327 e. The van der Waals surface area contributed by atoms with Crippen molar-refractivity contribution in [3.8, 4) is 0 Å². The van der Waals surface area contributed by atoms with Gasteiger partial charge in [-0.25, -0.2) is 0 Å². The molecule has 1 saturated heterocycles. The Morgan fingerprint density at radius 3 is 3.05 bits per heavy atom. The topological polar surface area (TPSA) is 58.4 Å². The number of anilines is 1. The first-order valence-corrected chi connectivity index (χ1v) is 6.54. The van der Waals surface area contributed by atoms with E-state index in [-0.39, 0.29) is 5.69 Å². The normalized spacial score (nSPS) is 19.6. The van der Waals surface area contributed by atoms with Gasteiger partial charge >= 0.3 is 5.69 Å². The summed E-state index contributed by atoms with van der Waals surface area (Å²) in [6.07, 6.45) is 2.22. The van der Waals surface area contributed by atoms with Gasteiger partial charge in [-0.15, -0.1) is 0 Å². The molecule has 19 heavy (non-hydrogen) atoms. The molecule has 1 aliphatic heterocycles. The Balaban J connectivity index is 2.07. The standard InChI is InChI=1S/C13H18FN3O2/c1-2-16-8-4-5-10(16)9-15-12-7-3-6-11(14)13(12)17(18)19/h3,6-7,10,15H,2,4-5,8-9H2,1H3. The molecule has 1 aliphatic rings. The van der Waals surface area contributed by atoms with Crippen LogP contribution in [0.15, 0.2) is 18.2 Å². The number of nitro benzene ring substituents is 1. The molecule has 0 bridgehead atoms. The van der Waals surface area contributed by atoms with Crippen molar-refractivity contribution < 1.29 is 9.31 Å². The molecule has 0 amide bonds. The summed E-state index contributed by atoms with van der Waals surface area (Å²) in [4.78, 5) is 12.5. The van der Waals surface area contributed by atoms with Crippen LogP contribution in [0.3, 0.4) is 0 Å². The number of halogens is 1. The van der Waals surface area contributed by atoms with E-state index < -0.39 is 16.4 Å². The van der Waals surface area contributed by atoms with E-state index in [2.05, 4.69) is 17.1 Å². The van der Waals surface area contributed by atoms with E-state index in [1.807, 2.05) is 0 Å². The average Bonchev–Trinajstić information content (AvgIpc) is 2.83. The van der Waals surface area contributed by atoms with E-state index in [1.165, 1.54) is 6.07 Å². The van der Waals surface area contributed by atoms with Gasteiger partial charge in [-0.2, -0.15) is 4.39 Å². The number of nitro groups is 1. The number of likely N-dealkylation sites (tertiary alicyclic amines) is 1. The van der Waals surface area contributed by atoms with Crippen molar-refractivity contribution in [2.45, 2.75) is 25.8 Å². The molecular weight excluding hydrogens is 249 g/mol. The van der Waals surface area contributed by atoms with Gasteiger partial charge in [0.15, 0.2) is 0 Å². The monoisotopic (exact) mass is 267 g/mol. The van der Waals surface area contributed by atoms with Gasteiger partial charge in [-0.3, -0.25) is 15.0 Å². The quantitative estimate of drug-likeness (QED) is 0.658. The molecule has 0 radical (unpaired) electrons. The Morgan fingerprint density at radius 2 is 2.37 bits per heavy atom. The third-order valence-corrected chi connectivity index (χ3v) is 3.60. The van der Waals surface area contributed by atoms with Crippen LogP contribution in [0.1, 0.15) is 19.8 Å². The molecule has 104 valence electrons. The molecule has 1 heterocycles. The fraction of sp³-hybridized carbons (Fsp3) is 0.538. The van der Waals surface area contributed by atoms with Crippen LogP contribution >= 0.6 is 0 Å². The van der Waals surface area contributed by atoms with Crippen LogP contribution in [-0.4, -0.2) is 35.5 Å². The molecule has 0 saturated carbocycles. The Labute approximate surface area is 111 Å². The molecule has 1 aromatic rings. The van der Waals surface area contributed by atoms with Gasteiger partial charge in [0.05, 0.1) is 4.92 Å². The highest BCUT2D eigenvalue weighted by molar-refractivity contribution is 5.62. The van der Waals surface area contributed by atoms with Crippen molar-refractivity contribution in [1.29, 1.82) is 0 Å². The summed E-state index contributed by atoms with van der Waals surface area (Å²) in [6.45, 7) is 4.74. The number of nitrogens with zero attached hydrogens (tertiary/aromatic N) is 2. The summed E-state index contributed by atoms with van der Waals surface area (Å²) in [7, 11) is 0. The summed E-state index contributed by atoms with van der Waals surface area (Å²) < 4.78 is 13.5. The number of nitrogens with one attached hydrogen (secondary N) is 1. The SMILES string of the molecule is CCN1CCCC1CNc1cccc(F)c1[N+](=O)[O-]. The lowest BCUT2D eigenvalue weighted by Gasteiger charge is -2.23. The number of likely N-dealkylation sites (N-methyl/N-ethyl adjacent to an activating group) is 1. The number of benzene rings is 1. The summed E-state index contributed by atoms with van der Waals surface area (Å²) in [5, 5.41) is 13.9. The Hall–Kier alpha value is -1.69. The zero-order chi connectivity index (χ0) is 13.8. The zero-order valence-corrected chi connectivity index (χ0v) is 10.9. The number of rotatable bonds is 5. The van der Waals surface area contributed by atoms with Crippen molar-refractivity contribution in [3.63, 3.8) is 0 Å². The van der Waals surface area contributed by atoms with Crippen LogP contribution in [0.25, 0.3) is 0 Å². The molecule has 0 aliphatic carbocycles. The van der Waals surface area contributed by atoms with Crippen molar-refractivity contribution >= 4 is 11.4 Å². The zero-order valence-electron chi connectivity index (χ0n) is 10.9. The van der Waals surface area contributed by atoms with Crippen LogP contribution in [0.5, 0.6) is 0 Å². The van der Waals surface area contributed by atoms with E-state index in [9.17, 15) is 14.5 Å². The van der Waals surface area contributed by atoms with Gasteiger partial charge in [-0.05, 0) is 38.1 Å². The molecule has 1 N–H and O–H groups in total. The van der Waals surface area contributed by atoms with Crippen molar-refractivity contribution in [1.82, 2.24) is 4.90 Å². The summed E-state index contributed by atoms with van der Waals surface area (Å²) in [5.74, 6) is -0.797. The van der Waals surface area contributed by atoms with Gasteiger partial charge in [0, 0.05) is 12.6 Å². The second-order valence-corrected chi connectivity index (χ2v) is 4.70. The highest BCUT2D eigenvalue weighted by Crippen LogP contribution is 2.28. The maximum Gasteiger partial charge on any atom is 0.327 e. The van der Waals surface area contributed by atoms with Crippen LogP contribution < -0.4 is 5.32 Å². The highest BCUT2D eigenvalue weighted by atomic mass is 19.1. The largest absolute Gasteiger partial charge is 0.378 e. The molecule has 6 heteroatoms. The third kappa shape index (κ3) is 3.01. The predicted molar refractivity (Wildman–Crippen MR) is 71.8 cm³/mol.